The zero-order valence-corrected chi connectivity index (χ0v) is 13.5. The molecule has 0 aromatic carbocycles. The third kappa shape index (κ3) is 5.76. The average molecular weight is 305 g/mol. The third-order valence-corrected chi connectivity index (χ3v) is 4.41. The molecule has 2 N–H and O–H groups in total. The molecule has 0 radical (unpaired) electrons. The van der Waals surface area contributed by atoms with Crippen LogP contribution in [0.1, 0.15) is 32.6 Å². The van der Waals surface area contributed by atoms with Gasteiger partial charge >= 0.3 is 0 Å². The molecule has 0 aromatic rings. The maximum atomic E-state index is 12.4. The summed E-state index contributed by atoms with van der Waals surface area (Å²) in [5.74, 6) is 0.131. The first-order valence-electron chi connectivity index (χ1n) is 7.25. The highest BCUT2D eigenvalue weighted by Crippen LogP contribution is 2.21. The summed E-state index contributed by atoms with van der Waals surface area (Å²) >= 11 is 0. The van der Waals surface area contributed by atoms with Crippen LogP contribution in [0.2, 0.25) is 0 Å². The van der Waals surface area contributed by atoms with Crippen molar-refractivity contribution in [3.8, 4) is 0 Å². The Hall–Kier alpha value is -0.660. The molecule has 20 heavy (non-hydrogen) atoms. The lowest BCUT2D eigenvalue weighted by atomic mass is 9.97. The largest absolute Gasteiger partial charge is 0.339 e. The van der Waals surface area contributed by atoms with Crippen LogP contribution in [0.5, 0.6) is 0 Å². The molecular formula is C13H27N3O3S. The predicted molar refractivity (Wildman–Crippen MR) is 79.9 cm³/mol. The van der Waals surface area contributed by atoms with Gasteiger partial charge < -0.3 is 10.2 Å². The summed E-state index contributed by atoms with van der Waals surface area (Å²) in [6.07, 6.45) is 4.95. The number of nitrogens with zero attached hydrogens (tertiary/aromatic N) is 1. The molecule has 118 valence electrons. The van der Waals surface area contributed by atoms with Gasteiger partial charge in [0.1, 0.15) is 0 Å². The van der Waals surface area contributed by atoms with E-state index in [9.17, 15) is 13.2 Å². The minimum absolute atomic E-state index is 0.0385. The number of hydrogen-bond acceptors (Lipinski definition) is 4. The van der Waals surface area contributed by atoms with Crippen LogP contribution in [0, 0.1) is 5.92 Å². The molecule has 1 aliphatic heterocycles. The van der Waals surface area contributed by atoms with E-state index in [4.69, 9.17) is 0 Å². The maximum absolute atomic E-state index is 12.4. The second kappa shape index (κ2) is 7.95. The smallest absolute Gasteiger partial charge is 0.226 e. The van der Waals surface area contributed by atoms with Crippen molar-refractivity contribution in [2.24, 2.45) is 5.92 Å². The van der Waals surface area contributed by atoms with Crippen LogP contribution >= 0.6 is 0 Å². The molecule has 2 atom stereocenters. The molecule has 0 aliphatic carbocycles. The number of hydrogen-bond donors (Lipinski definition) is 2. The first-order chi connectivity index (χ1) is 9.35. The Morgan fingerprint density at radius 2 is 2.10 bits per heavy atom. The van der Waals surface area contributed by atoms with E-state index < -0.39 is 10.0 Å². The molecule has 6 nitrogen and oxygen atoms in total. The Kier molecular flexibility index (Phi) is 6.91. The number of sulfonamides is 1. The van der Waals surface area contributed by atoms with Crippen molar-refractivity contribution in [1.82, 2.24) is 14.9 Å². The van der Waals surface area contributed by atoms with Crippen LogP contribution in [-0.2, 0) is 14.8 Å². The van der Waals surface area contributed by atoms with Gasteiger partial charge in [-0.15, -0.1) is 0 Å². The Balaban J connectivity index is 2.55. The Morgan fingerprint density at radius 3 is 2.70 bits per heavy atom. The lowest BCUT2D eigenvalue weighted by Crippen LogP contribution is -2.48. The van der Waals surface area contributed by atoms with Crippen molar-refractivity contribution in [2.75, 3.05) is 32.9 Å². The van der Waals surface area contributed by atoms with Crippen molar-refractivity contribution in [3.05, 3.63) is 0 Å². The molecule has 1 amide bonds. The third-order valence-electron chi connectivity index (χ3n) is 3.68. The molecule has 7 heteroatoms. The van der Waals surface area contributed by atoms with Crippen LogP contribution in [0.4, 0.5) is 0 Å². The van der Waals surface area contributed by atoms with Crippen LogP contribution in [0.3, 0.4) is 0 Å². The summed E-state index contributed by atoms with van der Waals surface area (Å²) in [4.78, 5) is 14.3. The standard InChI is InChI=1S/C13H27N3O3S/c1-11(10-14-2)13(17)16-9-5-4-6-12(16)7-8-15-20(3,18)19/h11-12,14-15H,4-10H2,1-3H3. The number of carbonyl (C=O) groups excluding carboxylic acids is 1. The number of likely N-dealkylation sites (tertiary alicyclic amines) is 1. The summed E-state index contributed by atoms with van der Waals surface area (Å²) in [7, 11) is -1.31. The van der Waals surface area contributed by atoms with Crippen molar-refractivity contribution < 1.29 is 13.2 Å². The second-order valence-corrected chi connectivity index (χ2v) is 7.43. The lowest BCUT2D eigenvalue weighted by Gasteiger charge is -2.37. The number of amides is 1. The average Bonchev–Trinajstić information content (AvgIpc) is 2.37. The zero-order valence-electron chi connectivity index (χ0n) is 12.7. The van der Waals surface area contributed by atoms with E-state index in [1.165, 1.54) is 0 Å². The van der Waals surface area contributed by atoms with E-state index in [1.54, 1.807) is 0 Å². The van der Waals surface area contributed by atoms with Gasteiger partial charge in [0.05, 0.1) is 6.26 Å². The summed E-state index contributed by atoms with van der Waals surface area (Å²) in [5.41, 5.74) is 0. The lowest BCUT2D eigenvalue weighted by molar-refractivity contribution is -0.138. The summed E-state index contributed by atoms with van der Waals surface area (Å²) in [6, 6.07) is 0.157. The molecule has 0 aromatic heterocycles. The number of rotatable bonds is 7. The first kappa shape index (κ1) is 17.4. The van der Waals surface area contributed by atoms with Gasteiger partial charge in [0, 0.05) is 31.6 Å². The Labute approximate surface area is 122 Å². The molecule has 1 saturated heterocycles. The highest BCUT2D eigenvalue weighted by Gasteiger charge is 2.29. The predicted octanol–water partition coefficient (Wildman–Crippen LogP) is 0.162. The number of piperidine rings is 1. The normalized spacial score (nSPS) is 21.8. The van der Waals surface area contributed by atoms with Gasteiger partial charge in [0.2, 0.25) is 15.9 Å². The number of carbonyl (C=O) groups is 1. The van der Waals surface area contributed by atoms with Crippen molar-refractivity contribution in [2.45, 2.75) is 38.6 Å². The quantitative estimate of drug-likeness (QED) is 0.702. The van der Waals surface area contributed by atoms with Gasteiger partial charge in [-0.05, 0) is 32.7 Å². The fraction of sp³-hybridized carbons (Fsp3) is 0.923. The maximum Gasteiger partial charge on any atom is 0.226 e. The monoisotopic (exact) mass is 305 g/mol. The first-order valence-corrected chi connectivity index (χ1v) is 9.14. The highest BCUT2D eigenvalue weighted by atomic mass is 32.2. The summed E-state index contributed by atoms with van der Waals surface area (Å²) < 4.78 is 24.7. The van der Waals surface area contributed by atoms with Gasteiger partial charge in [-0.3, -0.25) is 4.79 Å². The molecule has 0 saturated carbocycles. The molecular weight excluding hydrogens is 278 g/mol. The van der Waals surface area contributed by atoms with E-state index in [2.05, 4.69) is 10.0 Å². The fourth-order valence-electron chi connectivity index (χ4n) is 2.68. The van der Waals surface area contributed by atoms with Gasteiger partial charge in [-0.25, -0.2) is 13.1 Å². The fourth-order valence-corrected chi connectivity index (χ4v) is 3.17. The Morgan fingerprint density at radius 1 is 1.40 bits per heavy atom. The molecule has 1 fully saturated rings. The van der Waals surface area contributed by atoms with Gasteiger partial charge in [-0.1, -0.05) is 6.92 Å². The van der Waals surface area contributed by atoms with Crippen molar-refractivity contribution in [1.29, 1.82) is 0 Å². The van der Waals surface area contributed by atoms with Crippen LogP contribution in [-0.4, -0.2) is 58.2 Å². The molecule has 1 heterocycles. The van der Waals surface area contributed by atoms with E-state index in [1.807, 2.05) is 18.9 Å². The highest BCUT2D eigenvalue weighted by molar-refractivity contribution is 7.88. The van der Waals surface area contributed by atoms with Crippen molar-refractivity contribution in [3.63, 3.8) is 0 Å². The molecule has 1 aliphatic rings. The summed E-state index contributed by atoms with van der Waals surface area (Å²) in [5, 5.41) is 3.03. The van der Waals surface area contributed by atoms with Crippen LogP contribution in [0.25, 0.3) is 0 Å². The van der Waals surface area contributed by atoms with E-state index in [0.29, 0.717) is 19.5 Å². The van der Waals surface area contributed by atoms with E-state index in [0.717, 1.165) is 32.1 Å². The van der Waals surface area contributed by atoms with E-state index >= 15 is 0 Å². The molecule has 0 bridgehead atoms. The van der Waals surface area contributed by atoms with Crippen molar-refractivity contribution >= 4 is 15.9 Å². The minimum atomic E-state index is -3.15. The zero-order chi connectivity index (χ0) is 15.2. The van der Waals surface area contributed by atoms with Gasteiger partial charge in [0.15, 0.2) is 0 Å². The van der Waals surface area contributed by atoms with E-state index in [-0.39, 0.29) is 17.9 Å². The SMILES string of the molecule is CNCC(C)C(=O)N1CCCCC1CCNS(C)(=O)=O. The Bertz CT molecular complexity index is 411. The van der Waals surface area contributed by atoms with Gasteiger partial charge in [-0.2, -0.15) is 0 Å². The second-order valence-electron chi connectivity index (χ2n) is 5.60. The minimum Gasteiger partial charge on any atom is -0.339 e. The van der Waals surface area contributed by atoms with Gasteiger partial charge in [0.25, 0.3) is 0 Å². The van der Waals surface area contributed by atoms with Crippen LogP contribution in [0.15, 0.2) is 0 Å². The van der Waals surface area contributed by atoms with Crippen LogP contribution < -0.4 is 10.0 Å². The molecule has 1 rings (SSSR count). The number of nitrogens with one attached hydrogen (secondary N) is 2. The molecule has 0 spiro atoms. The molecule has 2 unspecified atom stereocenters. The summed E-state index contributed by atoms with van der Waals surface area (Å²) in [6.45, 7) is 3.78. The topological polar surface area (TPSA) is 78.5 Å².